The molecule has 0 aliphatic carbocycles. The first kappa shape index (κ1) is 43.0. The second-order valence-corrected chi connectivity index (χ2v) is 17.1. The maximum Gasteiger partial charge on any atom is 0.407 e. The van der Waals surface area contributed by atoms with E-state index in [0.29, 0.717) is 50.8 Å². The van der Waals surface area contributed by atoms with Gasteiger partial charge in [-0.15, -0.1) is 0 Å². The number of imidazole rings is 2. The molecule has 3 aliphatic heterocycles. The quantitative estimate of drug-likeness (QED) is 0.130. The lowest BCUT2D eigenvalue weighted by molar-refractivity contribution is -0.140. The Morgan fingerprint density at radius 2 is 1.30 bits per heavy atom. The zero-order valence-corrected chi connectivity index (χ0v) is 35.7. The van der Waals surface area contributed by atoms with Crippen molar-refractivity contribution in [2.45, 2.75) is 77.5 Å². The fourth-order valence-corrected chi connectivity index (χ4v) is 8.90. The van der Waals surface area contributed by atoms with Crippen molar-refractivity contribution in [1.82, 2.24) is 40.0 Å². The van der Waals surface area contributed by atoms with E-state index < -0.39 is 24.3 Å². The second-order valence-electron chi connectivity index (χ2n) is 17.1. The van der Waals surface area contributed by atoms with Gasteiger partial charge in [-0.05, 0) is 84.7 Å². The van der Waals surface area contributed by atoms with Gasteiger partial charge in [0.2, 0.25) is 11.8 Å². The van der Waals surface area contributed by atoms with Crippen LogP contribution in [0.4, 0.5) is 9.59 Å². The summed E-state index contributed by atoms with van der Waals surface area (Å²) in [5.41, 5.74) is 5.22. The number of aromatic amines is 2. The molecule has 0 saturated carbocycles. The Kier molecular flexibility index (Phi) is 13.1. The van der Waals surface area contributed by atoms with Crippen LogP contribution in [0, 0.1) is 35.5 Å². The summed E-state index contributed by atoms with van der Waals surface area (Å²) < 4.78 is 10.3. The lowest BCUT2D eigenvalue weighted by Crippen LogP contribution is -2.53. The van der Waals surface area contributed by atoms with Gasteiger partial charge in [0.25, 0.3) is 0 Å². The Morgan fingerprint density at radius 3 is 1.74 bits per heavy atom. The van der Waals surface area contributed by atoms with Crippen molar-refractivity contribution in [3.8, 4) is 34.4 Å². The van der Waals surface area contributed by atoms with Crippen LogP contribution in [0.2, 0.25) is 0 Å². The van der Waals surface area contributed by atoms with Gasteiger partial charge in [-0.1, -0.05) is 63.8 Å². The van der Waals surface area contributed by atoms with Gasteiger partial charge in [-0.2, -0.15) is 0 Å². The number of likely N-dealkylation sites (N-methyl/N-ethyl adjacent to an activating group) is 1. The van der Waals surface area contributed by atoms with Gasteiger partial charge in [-0.3, -0.25) is 14.5 Å². The summed E-state index contributed by atoms with van der Waals surface area (Å²) in [4.78, 5) is 72.9. The highest BCUT2D eigenvalue weighted by Crippen LogP contribution is 2.38. The smallest absolute Gasteiger partial charge is 0.407 e. The number of nitrogens with zero attached hydrogens (tertiary/aromatic N) is 5. The third kappa shape index (κ3) is 9.60. The van der Waals surface area contributed by atoms with Crippen LogP contribution in [0.3, 0.4) is 0 Å². The maximum atomic E-state index is 14.1. The highest BCUT2D eigenvalue weighted by Gasteiger charge is 2.44. The molecule has 5 heterocycles. The van der Waals surface area contributed by atoms with Crippen LogP contribution in [0.15, 0.2) is 60.9 Å². The molecule has 3 aliphatic rings. The van der Waals surface area contributed by atoms with E-state index >= 15 is 0 Å². The number of methoxy groups -OCH3 is 1. The fraction of sp³-hybridized carbons (Fsp3) is 0.478. The number of carboxylic acid groups (broad SMARTS) is 1. The molecule has 61 heavy (non-hydrogen) atoms. The highest BCUT2D eigenvalue weighted by atomic mass is 16.5. The van der Waals surface area contributed by atoms with E-state index in [0.717, 1.165) is 51.4 Å². The van der Waals surface area contributed by atoms with Crippen molar-refractivity contribution in [3.63, 3.8) is 0 Å². The minimum absolute atomic E-state index is 0.106. The van der Waals surface area contributed by atoms with Crippen molar-refractivity contribution < 1.29 is 33.8 Å². The van der Waals surface area contributed by atoms with Crippen molar-refractivity contribution >= 4 is 24.0 Å². The molecule has 6 atom stereocenters. The van der Waals surface area contributed by atoms with Crippen LogP contribution < -0.4 is 5.32 Å². The number of amides is 4. The van der Waals surface area contributed by atoms with Crippen LogP contribution in [0.5, 0.6) is 0 Å². The van der Waals surface area contributed by atoms with Gasteiger partial charge < -0.3 is 39.7 Å². The molecule has 0 spiro atoms. The number of hydrogen-bond acceptors (Lipinski definition) is 8. The van der Waals surface area contributed by atoms with Gasteiger partial charge in [-0.25, -0.2) is 19.6 Å². The number of ether oxygens (including phenoxy) is 2. The first-order valence-electron chi connectivity index (χ1n) is 21.1. The minimum Gasteiger partial charge on any atom is -0.465 e. The molecule has 3 saturated heterocycles. The number of carbonyl (C=O) groups excluding carboxylic acids is 3. The number of likely N-dealkylation sites (tertiary alicyclic amines) is 2. The molecule has 4 N–H and O–H groups in total. The molecule has 0 radical (unpaired) electrons. The molecule has 15 heteroatoms. The van der Waals surface area contributed by atoms with Crippen molar-refractivity contribution in [3.05, 3.63) is 83.7 Å². The number of nitrogens with one attached hydrogen (secondary N) is 3. The van der Waals surface area contributed by atoms with Crippen molar-refractivity contribution in [1.29, 1.82) is 0 Å². The van der Waals surface area contributed by atoms with Gasteiger partial charge in [0.15, 0.2) is 0 Å². The molecule has 2 aromatic carbocycles. The van der Waals surface area contributed by atoms with Crippen molar-refractivity contribution in [2.24, 2.45) is 23.7 Å². The van der Waals surface area contributed by atoms with E-state index in [-0.39, 0.29) is 47.6 Å². The van der Waals surface area contributed by atoms with Gasteiger partial charge in [0, 0.05) is 44.5 Å². The zero-order chi connectivity index (χ0) is 43.4. The lowest BCUT2D eigenvalue weighted by atomic mass is 9.89. The van der Waals surface area contributed by atoms with Gasteiger partial charge in [0.05, 0.1) is 43.0 Å². The average Bonchev–Trinajstić information content (AvgIpc) is 4.09. The van der Waals surface area contributed by atoms with E-state index in [9.17, 15) is 24.3 Å². The van der Waals surface area contributed by atoms with Crippen LogP contribution >= 0.6 is 0 Å². The molecular weight excluding hydrogens is 777 g/mol. The number of alkyl carbamates (subject to hydrolysis) is 1. The number of carbonyl (C=O) groups is 4. The molecule has 322 valence electrons. The monoisotopic (exact) mass is 832 g/mol. The molecule has 7 rings (SSSR count). The summed E-state index contributed by atoms with van der Waals surface area (Å²) in [6.45, 7) is 10.1. The molecule has 4 aromatic rings. The number of benzene rings is 2. The van der Waals surface area contributed by atoms with Crippen LogP contribution in [0.25, 0.3) is 22.5 Å². The Hall–Kier alpha value is -6.14. The maximum absolute atomic E-state index is 14.1. The summed E-state index contributed by atoms with van der Waals surface area (Å²) in [7, 11) is 2.77. The third-order valence-electron chi connectivity index (χ3n) is 12.2. The summed E-state index contributed by atoms with van der Waals surface area (Å²) in [5, 5.41) is 12.6. The van der Waals surface area contributed by atoms with Gasteiger partial charge >= 0.3 is 12.2 Å². The molecule has 4 amide bonds. The molecule has 15 nitrogen and oxygen atoms in total. The normalized spacial score (nSPS) is 21.4. The number of H-pyrrole nitrogens is 2. The van der Waals surface area contributed by atoms with Crippen molar-refractivity contribution in [2.75, 3.05) is 40.5 Å². The predicted octanol–water partition coefficient (Wildman–Crippen LogP) is 6.47. The standard InChI is InChI=1S/C46H56N8O7/c1-27(2)39(51-45(57)60-6)43(55)53-25-28(3)21-37(53)41-47-23-35(49-41)32-13-9-30(10-14-32)7-8-31-11-15-33(16-12-31)36-24-48-42(50-36)38-22-29(4)26-54(38)44(56)40(52(5)46(58)59)34-17-19-61-20-18-34/h9-16,23-24,27-29,34,37-40H,17-22,25-26H2,1-6H3,(H,47,49)(H,48,50)(H,51,57)(H,58,59)/t28-,29-,37-,38-,39-,40-/m0/s1. The lowest BCUT2D eigenvalue weighted by Gasteiger charge is -2.37. The van der Waals surface area contributed by atoms with E-state index in [2.05, 4.69) is 46.0 Å². The summed E-state index contributed by atoms with van der Waals surface area (Å²) in [6, 6.07) is 13.8. The number of hydrogen-bond donors (Lipinski definition) is 4. The van der Waals surface area contributed by atoms with Crippen LogP contribution in [0.1, 0.15) is 88.2 Å². The Morgan fingerprint density at radius 1 is 0.820 bits per heavy atom. The Labute approximate surface area is 356 Å². The topological polar surface area (TPSA) is 186 Å². The molecule has 3 fully saturated rings. The SMILES string of the molecule is COC(=O)N[C@H](C(=O)N1C[C@@H](C)C[C@H]1c1ncc(-c2ccc(C#Cc3ccc(-c4cnc([C@@H]5C[C@H](C)CN5C(=O)[C@H](C5CCOCC5)N(C)C(=O)O)[nH]4)cc3)cc2)[nH]1)C(C)C. The average molecular weight is 833 g/mol. The number of rotatable bonds is 10. The van der Waals surface area contributed by atoms with E-state index in [4.69, 9.17) is 14.5 Å². The van der Waals surface area contributed by atoms with Crippen LogP contribution in [-0.2, 0) is 19.1 Å². The molecular formula is C46H56N8O7. The molecule has 2 aromatic heterocycles. The van der Waals surface area contributed by atoms with E-state index in [1.165, 1.54) is 14.2 Å². The van der Waals surface area contributed by atoms with Crippen LogP contribution in [-0.4, -0.2) is 116 Å². The van der Waals surface area contributed by atoms with E-state index in [1.54, 1.807) is 12.4 Å². The first-order chi connectivity index (χ1) is 29.3. The summed E-state index contributed by atoms with van der Waals surface area (Å²) in [5.74, 6) is 7.85. The molecule has 0 bridgehead atoms. The Balaban J connectivity index is 0.994. The molecule has 0 unspecified atom stereocenters. The minimum atomic E-state index is -1.12. The predicted molar refractivity (Wildman–Crippen MR) is 228 cm³/mol. The summed E-state index contributed by atoms with van der Waals surface area (Å²) >= 11 is 0. The zero-order valence-electron chi connectivity index (χ0n) is 35.7. The third-order valence-corrected chi connectivity index (χ3v) is 12.2. The fourth-order valence-electron chi connectivity index (χ4n) is 8.90. The highest BCUT2D eigenvalue weighted by molar-refractivity contribution is 5.87. The largest absolute Gasteiger partial charge is 0.465 e. The van der Waals surface area contributed by atoms with Gasteiger partial charge in [0.1, 0.15) is 23.7 Å². The summed E-state index contributed by atoms with van der Waals surface area (Å²) in [6.07, 6.45) is 4.58. The number of aromatic nitrogens is 4. The first-order valence-corrected chi connectivity index (χ1v) is 21.1. The Bertz CT molecular complexity index is 2250. The van der Waals surface area contributed by atoms with E-state index in [1.807, 2.05) is 72.2 Å². The second kappa shape index (κ2) is 18.6.